The Bertz CT molecular complexity index is 1960. The summed E-state index contributed by atoms with van der Waals surface area (Å²) in [7, 11) is 0. The second-order valence-electron chi connectivity index (χ2n) is 10.7. The zero-order valence-corrected chi connectivity index (χ0v) is 24.4. The van der Waals surface area contributed by atoms with Crippen LogP contribution in [0.25, 0.3) is 39.7 Å². The first-order chi connectivity index (χ1) is 21.2. The average molecular weight is 578 g/mol. The average Bonchev–Trinajstić information content (AvgIpc) is 3.07. The van der Waals surface area contributed by atoms with E-state index in [4.69, 9.17) is 20.8 Å². The third-order valence-electron chi connectivity index (χ3n) is 7.91. The van der Waals surface area contributed by atoms with Crippen molar-refractivity contribution in [1.29, 1.82) is 0 Å². The lowest BCUT2D eigenvalue weighted by molar-refractivity contribution is 0.509. The summed E-state index contributed by atoms with van der Waals surface area (Å²) in [6, 6.07) is 38.9. The number of para-hydroxylation sites is 2. The van der Waals surface area contributed by atoms with E-state index in [1.807, 2.05) is 72.8 Å². The van der Waals surface area contributed by atoms with Crippen LogP contribution in [0.5, 0.6) is 5.75 Å². The van der Waals surface area contributed by atoms with Gasteiger partial charge in [0.1, 0.15) is 11.5 Å². The molecule has 0 spiro atoms. The van der Waals surface area contributed by atoms with Crippen LogP contribution in [0.4, 0.5) is 0 Å². The van der Waals surface area contributed by atoms with Gasteiger partial charge in [-0.15, -0.1) is 0 Å². The Morgan fingerprint density at radius 3 is 2.26 bits per heavy atom. The molecule has 1 aliphatic carbocycles. The normalized spacial score (nSPS) is 16.9. The van der Waals surface area contributed by atoms with Crippen LogP contribution >= 0.6 is 11.6 Å². The molecule has 0 bridgehead atoms. The highest BCUT2D eigenvalue weighted by atomic mass is 35.5. The number of rotatable bonds is 5. The molecule has 2 nitrogen and oxygen atoms in total. The molecule has 0 atom stereocenters. The quantitative estimate of drug-likeness (QED) is 0.194. The second-order valence-corrected chi connectivity index (χ2v) is 11.1. The molecule has 0 radical (unpaired) electrons. The molecule has 3 heteroatoms. The first kappa shape index (κ1) is 26.9. The van der Waals surface area contributed by atoms with Gasteiger partial charge in [0.15, 0.2) is 0 Å². The van der Waals surface area contributed by atoms with Gasteiger partial charge in [-0.1, -0.05) is 115 Å². The van der Waals surface area contributed by atoms with E-state index >= 15 is 0 Å². The van der Waals surface area contributed by atoms with E-state index in [1.54, 1.807) is 0 Å². The van der Waals surface area contributed by atoms with Gasteiger partial charge in [-0.25, -0.2) is 4.42 Å². The van der Waals surface area contributed by atoms with E-state index in [2.05, 4.69) is 72.8 Å². The van der Waals surface area contributed by atoms with Crippen LogP contribution in [0.1, 0.15) is 36.0 Å². The summed E-state index contributed by atoms with van der Waals surface area (Å²) in [5.74, 6) is 2.54. The smallest absolute Gasteiger partial charge is 0.361 e. The van der Waals surface area contributed by atoms with Crippen molar-refractivity contribution in [3.05, 3.63) is 172 Å². The van der Waals surface area contributed by atoms with Crippen LogP contribution in [0, 0.1) is 0 Å². The summed E-state index contributed by atoms with van der Waals surface area (Å²) in [5, 5.41) is 1.91. The predicted octanol–water partition coefficient (Wildman–Crippen LogP) is 11.5. The van der Waals surface area contributed by atoms with Crippen molar-refractivity contribution in [2.24, 2.45) is 0 Å². The zero-order chi connectivity index (χ0) is 29.0. The molecule has 2 heterocycles. The van der Waals surface area contributed by atoms with Crippen LogP contribution in [0.15, 0.2) is 160 Å². The Hall–Kier alpha value is -4.92. The molecular formula is C40H30ClO2+. The fraction of sp³-hybridized carbons (Fsp3) is 0.0750. The Morgan fingerprint density at radius 2 is 1.42 bits per heavy atom. The summed E-state index contributed by atoms with van der Waals surface area (Å²) in [5.41, 5.74) is 8.55. The summed E-state index contributed by atoms with van der Waals surface area (Å²) < 4.78 is 12.5. The Kier molecular flexibility index (Phi) is 7.60. The molecule has 43 heavy (non-hydrogen) atoms. The summed E-state index contributed by atoms with van der Waals surface area (Å²) in [6.45, 7) is 0. The minimum absolute atomic E-state index is 0.833. The van der Waals surface area contributed by atoms with Crippen LogP contribution in [0.3, 0.4) is 0 Å². The molecule has 4 aromatic carbocycles. The Labute approximate surface area is 257 Å². The predicted molar refractivity (Wildman–Crippen MR) is 179 cm³/mol. The number of ether oxygens (including phenoxy) is 1. The summed E-state index contributed by atoms with van der Waals surface area (Å²) >= 11 is 7.08. The first-order valence-corrected chi connectivity index (χ1v) is 15.0. The van der Waals surface area contributed by atoms with Gasteiger partial charge in [0, 0.05) is 27.8 Å². The number of hydrogen-bond donors (Lipinski definition) is 0. The maximum Gasteiger partial charge on any atom is 0.361 e. The van der Waals surface area contributed by atoms with Crippen LogP contribution in [0.2, 0.25) is 0 Å². The number of allylic oxidation sites excluding steroid dienone is 8. The maximum atomic E-state index is 7.08. The SMILES string of the molecule is ClC1=C(/C=C/c2cc(-c3ccccc3)[o+]c3ccccc23)CCC/C1=C/C=C1\C=C(c2ccccc2)Oc2ccccc21. The fourth-order valence-electron chi connectivity index (χ4n) is 5.68. The van der Waals surface area contributed by atoms with E-state index in [0.717, 1.165) is 91.5 Å². The van der Waals surface area contributed by atoms with Gasteiger partial charge in [0.05, 0.1) is 17.0 Å². The largest absolute Gasteiger partial charge is 0.456 e. The Morgan fingerprint density at radius 1 is 0.698 bits per heavy atom. The standard InChI is InChI=1S/C40H30ClO2/c41-40-30(22-24-32-26-38(28-12-3-1-4-13-28)42-36-20-9-7-18-34(32)36)16-11-17-31(40)23-25-33-27-39(29-14-5-2-6-15-29)43-37-21-10-8-19-35(33)37/h1-10,12-15,18-27H,11,16-17H2/q+1. The van der Waals surface area contributed by atoms with E-state index in [-0.39, 0.29) is 0 Å². The van der Waals surface area contributed by atoms with Gasteiger partial charge >= 0.3 is 11.3 Å². The monoisotopic (exact) mass is 577 g/mol. The number of fused-ring (bicyclic) bond motifs is 2. The van der Waals surface area contributed by atoms with E-state index in [9.17, 15) is 0 Å². The van der Waals surface area contributed by atoms with Crippen molar-refractivity contribution >= 4 is 40.0 Å². The molecule has 0 fully saturated rings. The highest BCUT2D eigenvalue weighted by Gasteiger charge is 2.20. The minimum atomic E-state index is 0.833. The van der Waals surface area contributed by atoms with Gasteiger partial charge in [-0.05, 0) is 66.3 Å². The molecule has 1 aromatic heterocycles. The Balaban J connectivity index is 1.24. The number of halogens is 1. The van der Waals surface area contributed by atoms with Crippen LogP contribution in [-0.4, -0.2) is 0 Å². The van der Waals surface area contributed by atoms with Crippen molar-refractivity contribution in [2.75, 3.05) is 0 Å². The van der Waals surface area contributed by atoms with Crippen LogP contribution < -0.4 is 4.74 Å². The number of benzene rings is 4. The third-order valence-corrected chi connectivity index (χ3v) is 8.40. The van der Waals surface area contributed by atoms with Crippen molar-refractivity contribution in [1.82, 2.24) is 0 Å². The molecule has 0 saturated heterocycles. The molecule has 0 unspecified atom stereocenters. The fourth-order valence-corrected chi connectivity index (χ4v) is 5.99. The van der Waals surface area contributed by atoms with Crippen molar-refractivity contribution < 1.29 is 9.15 Å². The molecule has 7 rings (SSSR count). The molecule has 5 aromatic rings. The molecule has 208 valence electrons. The van der Waals surface area contributed by atoms with Crippen molar-refractivity contribution in [3.8, 4) is 17.1 Å². The molecular weight excluding hydrogens is 548 g/mol. The van der Waals surface area contributed by atoms with Crippen LogP contribution in [-0.2, 0) is 0 Å². The molecule has 0 amide bonds. The lowest BCUT2D eigenvalue weighted by Gasteiger charge is -2.21. The summed E-state index contributed by atoms with van der Waals surface area (Å²) in [6.07, 6.45) is 13.8. The van der Waals surface area contributed by atoms with E-state index < -0.39 is 0 Å². The molecule has 2 aliphatic rings. The minimum Gasteiger partial charge on any atom is -0.456 e. The van der Waals surface area contributed by atoms with Crippen molar-refractivity contribution in [3.63, 3.8) is 0 Å². The highest BCUT2D eigenvalue weighted by Crippen LogP contribution is 2.39. The highest BCUT2D eigenvalue weighted by molar-refractivity contribution is 6.32. The first-order valence-electron chi connectivity index (χ1n) is 14.7. The van der Waals surface area contributed by atoms with Gasteiger partial charge in [0.25, 0.3) is 0 Å². The van der Waals surface area contributed by atoms with E-state index in [0.29, 0.717) is 0 Å². The van der Waals surface area contributed by atoms with Gasteiger partial charge in [0.2, 0.25) is 0 Å². The van der Waals surface area contributed by atoms with E-state index in [1.165, 1.54) is 0 Å². The maximum absolute atomic E-state index is 7.08. The van der Waals surface area contributed by atoms with Gasteiger partial charge in [-0.2, -0.15) is 0 Å². The second kappa shape index (κ2) is 12.1. The topological polar surface area (TPSA) is 20.5 Å². The zero-order valence-electron chi connectivity index (χ0n) is 23.7. The summed E-state index contributed by atoms with van der Waals surface area (Å²) in [4.78, 5) is 0. The molecule has 0 N–H and O–H groups in total. The molecule has 1 aliphatic heterocycles. The number of hydrogen-bond acceptors (Lipinski definition) is 1. The third kappa shape index (κ3) is 5.75. The van der Waals surface area contributed by atoms with Crippen molar-refractivity contribution in [2.45, 2.75) is 19.3 Å². The van der Waals surface area contributed by atoms with Gasteiger partial charge < -0.3 is 4.74 Å². The van der Waals surface area contributed by atoms with Gasteiger partial charge in [-0.3, -0.25) is 0 Å². The lowest BCUT2D eigenvalue weighted by atomic mass is 9.92. The lowest BCUT2D eigenvalue weighted by Crippen LogP contribution is -2.03. The molecule has 0 saturated carbocycles.